The van der Waals surface area contributed by atoms with Gasteiger partial charge in [0.15, 0.2) is 0 Å². The molecular formula is C14H20Cl2N2O2S. The Morgan fingerprint density at radius 1 is 1.43 bits per heavy atom. The van der Waals surface area contributed by atoms with E-state index in [0.717, 1.165) is 31.5 Å². The molecule has 7 heteroatoms. The molecule has 2 N–H and O–H groups in total. The van der Waals surface area contributed by atoms with Crippen LogP contribution in [0, 0.1) is 5.92 Å². The molecule has 0 radical (unpaired) electrons. The van der Waals surface area contributed by atoms with Crippen molar-refractivity contribution in [1.29, 1.82) is 0 Å². The quantitative estimate of drug-likeness (QED) is 0.858. The molecule has 0 amide bonds. The SMILES string of the molecule is CC(NS(=O)(=O)CC1CCCNC1)c1ccc(Cl)cc1Cl. The third kappa shape index (κ3) is 5.11. The van der Waals surface area contributed by atoms with E-state index in [1.54, 1.807) is 25.1 Å². The van der Waals surface area contributed by atoms with Gasteiger partial charge in [0.1, 0.15) is 0 Å². The molecule has 4 nitrogen and oxygen atoms in total. The molecule has 2 atom stereocenters. The van der Waals surface area contributed by atoms with Crippen LogP contribution in [0.15, 0.2) is 18.2 Å². The summed E-state index contributed by atoms with van der Waals surface area (Å²) in [5.41, 5.74) is 0.728. The van der Waals surface area contributed by atoms with Crippen molar-refractivity contribution >= 4 is 33.2 Å². The minimum atomic E-state index is -3.34. The van der Waals surface area contributed by atoms with E-state index in [-0.39, 0.29) is 17.7 Å². The van der Waals surface area contributed by atoms with Crippen molar-refractivity contribution < 1.29 is 8.42 Å². The molecule has 0 aromatic heterocycles. The van der Waals surface area contributed by atoms with E-state index in [0.29, 0.717) is 10.0 Å². The van der Waals surface area contributed by atoms with E-state index < -0.39 is 10.0 Å². The highest BCUT2D eigenvalue weighted by atomic mass is 35.5. The molecule has 118 valence electrons. The van der Waals surface area contributed by atoms with Gasteiger partial charge in [0.25, 0.3) is 0 Å². The second-order valence-electron chi connectivity index (χ2n) is 5.50. The molecule has 0 bridgehead atoms. The van der Waals surface area contributed by atoms with E-state index in [1.165, 1.54) is 0 Å². The predicted molar refractivity (Wildman–Crippen MR) is 87.4 cm³/mol. The summed E-state index contributed by atoms with van der Waals surface area (Å²) >= 11 is 12.0. The normalized spacial score (nSPS) is 21.2. The van der Waals surface area contributed by atoms with Crippen LogP contribution in [0.4, 0.5) is 0 Å². The molecule has 1 aromatic carbocycles. The summed E-state index contributed by atoms with van der Waals surface area (Å²) < 4.78 is 27.2. The smallest absolute Gasteiger partial charge is 0.212 e. The van der Waals surface area contributed by atoms with Crippen LogP contribution in [0.25, 0.3) is 0 Å². The van der Waals surface area contributed by atoms with Gasteiger partial charge in [-0.2, -0.15) is 0 Å². The zero-order valence-electron chi connectivity index (χ0n) is 11.9. The van der Waals surface area contributed by atoms with Gasteiger partial charge in [-0.1, -0.05) is 29.3 Å². The van der Waals surface area contributed by atoms with Gasteiger partial charge in [-0.05, 0) is 56.5 Å². The lowest BCUT2D eigenvalue weighted by Gasteiger charge is -2.24. The fourth-order valence-electron chi connectivity index (χ4n) is 2.61. The van der Waals surface area contributed by atoms with Crippen LogP contribution >= 0.6 is 23.2 Å². The molecule has 1 fully saturated rings. The average Bonchev–Trinajstić information content (AvgIpc) is 2.38. The molecule has 0 saturated carbocycles. The zero-order valence-corrected chi connectivity index (χ0v) is 14.2. The van der Waals surface area contributed by atoms with Gasteiger partial charge in [-0.15, -0.1) is 0 Å². The summed E-state index contributed by atoms with van der Waals surface area (Å²) in [7, 11) is -3.34. The second kappa shape index (κ2) is 7.29. The number of benzene rings is 1. The highest BCUT2D eigenvalue weighted by molar-refractivity contribution is 7.89. The van der Waals surface area contributed by atoms with Gasteiger partial charge in [-0.3, -0.25) is 0 Å². The Labute approximate surface area is 136 Å². The van der Waals surface area contributed by atoms with E-state index in [9.17, 15) is 8.42 Å². The highest BCUT2D eigenvalue weighted by Crippen LogP contribution is 2.26. The highest BCUT2D eigenvalue weighted by Gasteiger charge is 2.23. The van der Waals surface area contributed by atoms with Crippen molar-refractivity contribution in [2.45, 2.75) is 25.8 Å². The molecular weight excluding hydrogens is 331 g/mol. The number of rotatable bonds is 5. The fraction of sp³-hybridized carbons (Fsp3) is 0.571. The topological polar surface area (TPSA) is 58.2 Å². The molecule has 2 unspecified atom stereocenters. The maximum atomic E-state index is 12.3. The Hall–Kier alpha value is -0.330. The van der Waals surface area contributed by atoms with Crippen molar-refractivity contribution in [3.8, 4) is 0 Å². The number of halogens is 2. The first kappa shape index (κ1) is 17.0. The maximum absolute atomic E-state index is 12.3. The molecule has 0 aliphatic carbocycles. The summed E-state index contributed by atoms with van der Waals surface area (Å²) in [5.74, 6) is 0.319. The standard InChI is InChI=1S/C14H20Cl2N2O2S/c1-10(13-5-4-12(15)7-14(13)16)18-21(19,20)9-11-3-2-6-17-8-11/h4-5,7,10-11,17-18H,2-3,6,8-9H2,1H3. The van der Waals surface area contributed by atoms with Crippen molar-refractivity contribution in [3.63, 3.8) is 0 Å². The van der Waals surface area contributed by atoms with Crippen LogP contribution in [-0.4, -0.2) is 27.3 Å². The van der Waals surface area contributed by atoms with Gasteiger partial charge >= 0.3 is 0 Å². The Balaban J connectivity index is 2.01. The van der Waals surface area contributed by atoms with E-state index in [1.807, 2.05) is 0 Å². The van der Waals surface area contributed by atoms with Crippen LogP contribution in [0.3, 0.4) is 0 Å². The van der Waals surface area contributed by atoms with Crippen LogP contribution in [-0.2, 0) is 10.0 Å². The summed E-state index contributed by atoms with van der Waals surface area (Å²) in [4.78, 5) is 0. The summed E-state index contributed by atoms with van der Waals surface area (Å²) in [5, 5.41) is 4.23. The van der Waals surface area contributed by atoms with Crippen molar-refractivity contribution in [3.05, 3.63) is 33.8 Å². The molecule has 0 spiro atoms. The Morgan fingerprint density at radius 2 is 2.19 bits per heavy atom. The lowest BCUT2D eigenvalue weighted by molar-refractivity contribution is 0.402. The summed E-state index contributed by atoms with van der Waals surface area (Å²) in [6.07, 6.45) is 1.97. The number of nitrogens with one attached hydrogen (secondary N) is 2. The number of hydrogen-bond acceptors (Lipinski definition) is 3. The lowest BCUT2D eigenvalue weighted by atomic mass is 10.0. The van der Waals surface area contributed by atoms with Gasteiger partial charge in [-0.25, -0.2) is 13.1 Å². The van der Waals surface area contributed by atoms with Crippen molar-refractivity contribution in [2.75, 3.05) is 18.8 Å². The number of piperidine rings is 1. The second-order valence-corrected chi connectivity index (χ2v) is 8.14. The number of sulfonamides is 1. The molecule has 1 saturated heterocycles. The summed E-state index contributed by atoms with van der Waals surface area (Å²) in [6, 6.07) is 4.70. The first-order chi connectivity index (χ1) is 9.87. The number of hydrogen-bond donors (Lipinski definition) is 2. The zero-order chi connectivity index (χ0) is 15.5. The molecule has 21 heavy (non-hydrogen) atoms. The van der Waals surface area contributed by atoms with Gasteiger partial charge < -0.3 is 5.32 Å². The van der Waals surface area contributed by atoms with Crippen LogP contribution < -0.4 is 10.0 Å². The Morgan fingerprint density at radius 3 is 2.81 bits per heavy atom. The molecule has 1 heterocycles. The first-order valence-electron chi connectivity index (χ1n) is 7.03. The minimum Gasteiger partial charge on any atom is -0.316 e. The summed E-state index contributed by atoms with van der Waals surface area (Å²) in [6.45, 7) is 3.52. The molecule has 1 aliphatic rings. The monoisotopic (exact) mass is 350 g/mol. The van der Waals surface area contributed by atoms with Gasteiger partial charge in [0.2, 0.25) is 10.0 Å². The fourth-order valence-corrected chi connectivity index (χ4v) is 4.85. The largest absolute Gasteiger partial charge is 0.316 e. The molecule has 2 rings (SSSR count). The van der Waals surface area contributed by atoms with E-state index in [4.69, 9.17) is 23.2 Å². The van der Waals surface area contributed by atoms with E-state index >= 15 is 0 Å². The third-order valence-corrected chi connectivity index (χ3v) is 5.82. The first-order valence-corrected chi connectivity index (χ1v) is 9.44. The van der Waals surface area contributed by atoms with Gasteiger partial charge in [0.05, 0.1) is 5.75 Å². The van der Waals surface area contributed by atoms with Crippen LogP contribution in [0.5, 0.6) is 0 Å². The third-order valence-electron chi connectivity index (χ3n) is 3.64. The maximum Gasteiger partial charge on any atom is 0.212 e. The Kier molecular flexibility index (Phi) is 5.91. The Bertz CT molecular complexity index is 587. The van der Waals surface area contributed by atoms with Crippen molar-refractivity contribution in [1.82, 2.24) is 10.0 Å². The van der Waals surface area contributed by atoms with Gasteiger partial charge in [0, 0.05) is 16.1 Å². The molecule has 1 aromatic rings. The molecule has 1 aliphatic heterocycles. The lowest BCUT2D eigenvalue weighted by Crippen LogP contribution is -2.38. The predicted octanol–water partition coefficient (Wildman–Crippen LogP) is 2.97. The van der Waals surface area contributed by atoms with Crippen LogP contribution in [0.1, 0.15) is 31.4 Å². The van der Waals surface area contributed by atoms with Crippen molar-refractivity contribution in [2.24, 2.45) is 5.92 Å². The average molecular weight is 351 g/mol. The minimum absolute atomic E-state index is 0.148. The van der Waals surface area contributed by atoms with E-state index in [2.05, 4.69) is 10.0 Å². The van der Waals surface area contributed by atoms with Crippen LogP contribution in [0.2, 0.25) is 10.0 Å².